The Balaban J connectivity index is 1.42. The predicted octanol–water partition coefficient (Wildman–Crippen LogP) is 3.81. The van der Waals surface area contributed by atoms with Gasteiger partial charge in [0.2, 0.25) is 11.8 Å². The number of carbonyl (C=O) groups is 5. The molecule has 1 saturated heterocycles. The van der Waals surface area contributed by atoms with E-state index in [1.807, 2.05) is 50.2 Å². The van der Waals surface area contributed by atoms with Crippen LogP contribution in [0.4, 0.5) is 5.69 Å². The highest BCUT2D eigenvalue weighted by atomic mass is 35.5. The molecule has 0 aromatic heterocycles. The van der Waals surface area contributed by atoms with Gasteiger partial charge in [0, 0.05) is 36.0 Å². The molecule has 0 spiro atoms. The lowest BCUT2D eigenvalue weighted by Crippen LogP contribution is -2.54. The minimum atomic E-state index is -1.02. The molecular weight excluding hydrogens is 494 g/mol. The van der Waals surface area contributed by atoms with E-state index in [4.69, 9.17) is 11.6 Å². The Kier molecular flexibility index (Phi) is 7.88. The smallest absolute Gasteiger partial charge is 0.278 e. The van der Waals surface area contributed by atoms with Crippen LogP contribution in [-0.4, -0.2) is 40.4 Å². The van der Waals surface area contributed by atoms with Gasteiger partial charge < -0.3 is 5.32 Å². The second-order valence-corrected chi connectivity index (χ2v) is 9.80. The van der Waals surface area contributed by atoms with Gasteiger partial charge in [0.05, 0.1) is 0 Å². The van der Waals surface area contributed by atoms with E-state index in [2.05, 4.69) is 10.6 Å². The van der Waals surface area contributed by atoms with Gasteiger partial charge in [-0.15, -0.1) is 0 Å². The van der Waals surface area contributed by atoms with Gasteiger partial charge in [-0.25, -0.2) is 0 Å². The van der Waals surface area contributed by atoms with Crippen LogP contribution in [0, 0.1) is 6.92 Å². The molecule has 192 valence electrons. The number of amides is 4. The van der Waals surface area contributed by atoms with Gasteiger partial charge in [0.15, 0.2) is 0 Å². The zero-order chi connectivity index (χ0) is 26.7. The number of anilines is 1. The van der Waals surface area contributed by atoms with Crippen molar-refractivity contribution in [3.05, 3.63) is 76.0 Å². The van der Waals surface area contributed by atoms with Crippen molar-refractivity contribution in [2.24, 2.45) is 0 Å². The highest BCUT2D eigenvalue weighted by Crippen LogP contribution is 2.29. The Morgan fingerprint density at radius 1 is 1.16 bits per heavy atom. The molecule has 2 aromatic carbocycles. The zero-order valence-corrected chi connectivity index (χ0v) is 21.4. The summed E-state index contributed by atoms with van der Waals surface area (Å²) in [6.07, 6.45) is 2.72. The Morgan fingerprint density at radius 2 is 1.95 bits per heavy atom. The molecule has 4 amide bonds. The number of rotatable bonds is 9. The van der Waals surface area contributed by atoms with Gasteiger partial charge in [0.25, 0.3) is 11.8 Å². The number of halogens is 1. The first-order chi connectivity index (χ1) is 17.7. The molecule has 0 aliphatic carbocycles. The Hall–Kier alpha value is -3.78. The number of carbonyl (C=O) groups excluding carboxylic acids is 5. The van der Waals surface area contributed by atoms with Crippen LogP contribution in [0.25, 0.3) is 0 Å². The van der Waals surface area contributed by atoms with Crippen molar-refractivity contribution in [1.82, 2.24) is 10.2 Å². The largest absolute Gasteiger partial charge is 0.351 e. The Bertz CT molecular complexity index is 1320. The van der Waals surface area contributed by atoms with E-state index >= 15 is 0 Å². The van der Waals surface area contributed by atoms with Crippen LogP contribution in [0.1, 0.15) is 55.2 Å². The molecule has 0 saturated carbocycles. The van der Waals surface area contributed by atoms with Gasteiger partial charge in [-0.05, 0) is 60.6 Å². The molecule has 2 aliphatic rings. The van der Waals surface area contributed by atoms with E-state index in [9.17, 15) is 24.0 Å². The van der Waals surface area contributed by atoms with Crippen molar-refractivity contribution >= 4 is 46.7 Å². The summed E-state index contributed by atoms with van der Waals surface area (Å²) < 4.78 is 0. The van der Waals surface area contributed by atoms with Crippen LogP contribution in [0.5, 0.6) is 0 Å². The lowest BCUT2D eigenvalue weighted by Gasteiger charge is -2.28. The lowest BCUT2D eigenvalue weighted by molar-refractivity contribution is -0.149. The molecule has 1 fully saturated rings. The summed E-state index contributed by atoms with van der Waals surface area (Å²) in [5.74, 6) is -2.22. The number of piperidine rings is 1. The van der Waals surface area contributed by atoms with Crippen LogP contribution in [0.2, 0.25) is 5.02 Å². The molecule has 2 aliphatic heterocycles. The molecule has 2 heterocycles. The Morgan fingerprint density at radius 3 is 2.65 bits per heavy atom. The second kappa shape index (κ2) is 11.1. The molecule has 0 radical (unpaired) electrons. The fourth-order valence-corrected chi connectivity index (χ4v) is 4.85. The normalized spacial score (nSPS) is 18.5. The van der Waals surface area contributed by atoms with E-state index in [1.54, 1.807) is 6.07 Å². The molecule has 8 nitrogen and oxygen atoms in total. The maximum absolute atomic E-state index is 12.9. The Labute approximate surface area is 220 Å². The fourth-order valence-electron chi connectivity index (χ4n) is 4.64. The molecule has 2 atom stereocenters. The highest BCUT2D eigenvalue weighted by molar-refractivity contribution is 6.31. The first-order valence-corrected chi connectivity index (χ1v) is 12.6. The summed E-state index contributed by atoms with van der Waals surface area (Å²) in [7, 11) is 0. The number of imide groups is 2. The molecule has 2 unspecified atom stereocenters. The van der Waals surface area contributed by atoms with Gasteiger partial charge in [-0.1, -0.05) is 42.8 Å². The molecule has 37 heavy (non-hydrogen) atoms. The number of nitrogens with zero attached hydrogens (tertiary/aromatic N) is 1. The summed E-state index contributed by atoms with van der Waals surface area (Å²) in [6, 6.07) is 12.0. The molecule has 2 aromatic rings. The van der Waals surface area contributed by atoms with Gasteiger partial charge in [-0.3, -0.25) is 34.2 Å². The summed E-state index contributed by atoms with van der Waals surface area (Å²) in [5.41, 5.74) is 3.41. The number of hydrogen-bond acceptors (Lipinski definition) is 6. The summed E-state index contributed by atoms with van der Waals surface area (Å²) in [5, 5.41) is 5.80. The highest BCUT2D eigenvalue weighted by Gasteiger charge is 2.42. The SMILES string of the molecule is CCC(CC(=O)Cc1ccc(C)c(Cl)c1)c1cccc(NC2=CC(=O)N(C3CCC(=O)NC3=O)C2=O)c1. The second-order valence-electron chi connectivity index (χ2n) is 9.40. The fraction of sp³-hybridized carbons (Fsp3) is 0.321. The topological polar surface area (TPSA) is 113 Å². The molecule has 0 bridgehead atoms. The van der Waals surface area contributed by atoms with E-state index in [0.29, 0.717) is 23.6 Å². The van der Waals surface area contributed by atoms with Crippen molar-refractivity contribution in [1.29, 1.82) is 0 Å². The van der Waals surface area contributed by atoms with Crippen molar-refractivity contribution < 1.29 is 24.0 Å². The number of ketones is 1. The van der Waals surface area contributed by atoms with Crippen LogP contribution in [0.15, 0.2) is 54.2 Å². The third-order valence-electron chi connectivity index (χ3n) is 6.72. The number of aryl methyl sites for hydroxylation is 1. The van der Waals surface area contributed by atoms with E-state index < -0.39 is 29.7 Å². The number of hydrogen-bond donors (Lipinski definition) is 2. The van der Waals surface area contributed by atoms with Gasteiger partial charge >= 0.3 is 0 Å². The quantitative estimate of drug-likeness (QED) is 0.485. The minimum Gasteiger partial charge on any atom is -0.351 e. The molecule has 2 N–H and O–H groups in total. The standard InChI is InChI=1S/C28H28ClN3O5/c1-3-18(14-21(33)11-17-8-7-16(2)22(29)12-17)19-5-4-6-20(13-19)30-23-15-26(35)32(28(23)37)24-9-10-25(34)31-27(24)36/h4-8,12-13,15,18,24,30H,3,9-11,14H2,1-2H3,(H,31,34,36). The van der Waals surface area contributed by atoms with E-state index in [1.165, 1.54) is 0 Å². The predicted molar refractivity (Wildman–Crippen MR) is 139 cm³/mol. The molecule has 4 rings (SSSR count). The lowest BCUT2D eigenvalue weighted by atomic mass is 9.89. The van der Waals surface area contributed by atoms with Crippen molar-refractivity contribution in [3.63, 3.8) is 0 Å². The number of Topliss-reactive ketones (excluding diaryl/α,β-unsaturated/α-hetero) is 1. The minimum absolute atomic E-state index is 0.0231. The summed E-state index contributed by atoms with van der Waals surface area (Å²) in [4.78, 5) is 62.8. The van der Waals surface area contributed by atoms with Crippen molar-refractivity contribution in [2.45, 2.75) is 57.9 Å². The van der Waals surface area contributed by atoms with Crippen molar-refractivity contribution in [2.75, 3.05) is 5.32 Å². The van der Waals surface area contributed by atoms with Crippen LogP contribution < -0.4 is 10.6 Å². The molecular formula is C28H28ClN3O5. The van der Waals surface area contributed by atoms with Gasteiger partial charge in [0.1, 0.15) is 17.5 Å². The van der Waals surface area contributed by atoms with Gasteiger partial charge in [-0.2, -0.15) is 0 Å². The van der Waals surface area contributed by atoms with Crippen LogP contribution in [0.3, 0.4) is 0 Å². The average Bonchev–Trinajstić information content (AvgIpc) is 3.12. The van der Waals surface area contributed by atoms with E-state index in [-0.39, 0.29) is 30.2 Å². The van der Waals surface area contributed by atoms with E-state index in [0.717, 1.165) is 34.1 Å². The average molecular weight is 522 g/mol. The first kappa shape index (κ1) is 26.3. The van der Waals surface area contributed by atoms with Crippen LogP contribution in [-0.2, 0) is 30.4 Å². The maximum atomic E-state index is 12.9. The number of benzene rings is 2. The van der Waals surface area contributed by atoms with Crippen molar-refractivity contribution in [3.8, 4) is 0 Å². The third kappa shape index (κ3) is 5.97. The molecule has 9 heteroatoms. The summed E-state index contributed by atoms with van der Waals surface area (Å²) >= 11 is 6.19. The first-order valence-electron chi connectivity index (χ1n) is 12.2. The number of nitrogens with one attached hydrogen (secondary N) is 2. The maximum Gasteiger partial charge on any atom is 0.278 e. The third-order valence-corrected chi connectivity index (χ3v) is 7.12. The zero-order valence-electron chi connectivity index (χ0n) is 20.7. The summed E-state index contributed by atoms with van der Waals surface area (Å²) in [6.45, 7) is 3.93. The monoisotopic (exact) mass is 521 g/mol. The van der Waals surface area contributed by atoms with Crippen LogP contribution >= 0.6 is 11.6 Å².